The van der Waals surface area contributed by atoms with Crippen LogP contribution in [0, 0.1) is 0 Å². The largest absolute Gasteiger partial charge is 0.326 e. The van der Waals surface area contributed by atoms with E-state index in [-0.39, 0.29) is 11.8 Å². The number of hydrogen-bond acceptors (Lipinski definition) is 4. The molecular weight excluding hydrogens is 340 g/mol. The van der Waals surface area contributed by atoms with Crippen molar-refractivity contribution in [2.45, 2.75) is 30.2 Å². The first kappa shape index (κ1) is 17.0. The SMILES string of the molecule is CSc1cccc(NC(=O)C2CCCCN2C(=O)c2cccs2)c1. The summed E-state index contributed by atoms with van der Waals surface area (Å²) in [4.78, 5) is 28.9. The summed E-state index contributed by atoms with van der Waals surface area (Å²) in [7, 11) is 0. The van der Waals surface area contributed by atoms with Gasteiger partial charge in [0.2, 0.25) is 5.91 Å². The monoisotopic (exact) mass is 360 g/mol. The van der Waals surface area contributed by atoms with Crippen molar-refractivity contribution < 1.29 is 9.59 Å². The Labute approximate surface area is 150 Å². The molecule has 0 saturated carbocycles. The predicted molar refractivity (Wildman–Crippen MR) is 99.8 cm³/mol. The highest BCUT2D eigenvalue weighted by Crippen LogP contribution is 2.24. The summed E-state index contributed by atoms with van der Waals surface area (Å²) in [6, 6.07) is 11.1. The van der Waals surface area contributed by atoms with Crippen LogP contribution < -0.4 is 5.32 Å². The average Bonchev–Trinajstić information content (AvgIpc) is 3.16. The van der Waals surface area contributed by atoms with E-state index < -0.39 is 6.04 Å². The van der Waals surface area contributed by atoms with Gasteiger partial charge in [0, 0.05) is 17.1 Å². The third kappa shape index (κ3) is 3.82. The zero-order chi connectivity index (χ0) is 16.9. The molecular formula is C18H20N2O2S2. The summed E-state index contributed by atoms with van der Waals surface area (Å²) in [5.74, 6) is -0.138. The molecule has 24 heavy (non-hydrogen) atoms. The number of thioether (sulfide) groups is 1. The molecule has 1 saturated heterocycles. The molecule has 3 rings (SSSR count). The molecule has 1 fully saturated rings. The highest BCUT2D eigenvalue weighted by atomic mass is 32.2. The van der Waals surface area contributed by atoms with E-state index >= 15 is 0 Å². The van der Waals surface area contributed by atoms with Gasteiger partial charge in [-0.1, -0.05) is 12.1 Å². The van der Waals surface area contributed by atoms with Gasteiger partial charge in [-0.3, -0.25) is 9.59 Å². The summed E-state index contributed by atoms with van der Waals surface area (Å²) in [5, 5.41) is 4.86. The Morgan fingerprint density at radius 2 is 2.12 bits per heavy atom. The number of carbonyl (C=O) groups excluding carboxylic acids is 2. The zero-order valence-corrected chi connectivity index (χ0v) is 15.2. The Hall–Kier alpha value is -1.79. The summed E-state index contributed by atoms with van der Waals surface area (Å²) in [5.41, 5.74) is 0.779. The molecule has 126 valence electrons. The normalized spacial score (nSPS) is 17.5. The number of piperidine rings is 1. The van der Waals surface area contributed by atoms with Crippen LogP contribution in [0.4, 0.5) is 5.69 Å². The van der Waals surface area contributed by atoms with E-state index in [0.717, 1.165) is 23.4 Å². The van der Waals surface area contributed by atoms with Crippen molar-refractivity contribution in [3.8, 4) is 0 Å². The maximum atomic E-state index is 12.7. The van der Waals surface area contributed by atoms with Crippen LogP contribution in [0.5, 0.6) is 0 Å². The van der Waals surface area contributed by atoms with Gasteiger partial charge in [0.15, 0.2) is 0 Å². The van der Waals surface area contributed by atoms with Gasteiger partial charge in [-0.25, -0.2) is 0 Å². The Morgan fingerprint density at radius 1 is 1.25 bits per heavy atom. The fraction of sp³-hybridized carbons (Fsp3) is 0.333. The number of rotatable bonds is 4. The minimum absolute atomic E-state index is 0.0392. The number of anilines is 1. The second-order valence-electron chi connectivity index (χ2n) is 5.71. The Kier molecular flexibility index (Phi) is 5.58. The van der Waals surface area contributed by atoms with Crippen LogP contribution in [0.25, 0.3) is 0 Å². The first-order chi connectivity index (χ1) is 11.7. The molecule has 1 aromatic carbocycles. The number of nitrogens with zero attached hydrogens (tertiary/aromatic N) is 1. The second-order valence-corrected chi connectivity index (χ2v) is 7.54. The van der Waals surface area contributed by atoms with Crippen LogP contribution in [0.3, 0.4) is 0 Å². The second kappa shape index (κ2) is 7.85. The third-order valence-corrected chi connectivity index (χ3v) is 5.72. The first-order valence-corrected chi connectivity index (χ1v) is 10.1. The maximum Gasteiger partial charge on any atom is 0.264 e. The minimum Gasteiger partial charge on any atom is -0.326 e. The fourth-order valence-corrected chi connectivity index (χ4v) is 4.05. The minimum atomic E-state index is -0.397. The molecule has 4 nitrogen and oxygen atoms in total. The van der Waals surface area contributed by atoms with E-state index in [1.165, 1.54) is 11.3 Å². The van der Waals surface area contributed by atoms with Crippen LogP contribution in [-0.4, -0.2) is 35.6 Å². The van der Waals surface area contributed by atoms with E-state index in [9.17, 15) is 9.59 Å². The number of hydrogen-bond donors (Lipinski definition) is 1. The lowest BCUT2D eigenvalue weighted by Gasteiger charge is -2.34. The van der Waals surface area contributed by atoms with E-state index in [0.29, 0.717) is 17.8 Å². The Bertz CT molecular complexity index is 716. The van der Waals surface area contributed by atoms with E-state index in [4.69, 9.17) is 0 Å². The van der Waals surface area contributed by atoms with Crippen molar-refractivity contribution in [1.82, 2.24) is 4.90 Å². The highest BCUT2D eigenvalue weighted by Gasteiger charge is 2.33. The van der Waals surface area contributed by atoms with Gasteiger partial charge in [-0.2, -0.15) is 0 Å². The topological polar surface area (TPSA) is 49.4 Å². The quantitative estimate of drug-likeness (QED) is 0.835. The van der Waals surface area contributed by atoms with Crippen LogP contribution in [0.1, 0.15) is 28.9 Å². The van der Waals surface area contributed by atoms with Crippen molar-refractivity contribution in [2.75, 3.05) is 18.1 Å². The number of thiophene rings is 1. The smallest absolute Gasteiger partial charge is 0.264 e. The molecule has 2 aromatic rings. The number of benzene rings is 1. The zero-order valence-electron chi connectivity index (χ0n) is 13.5. The van der Waals surface area contributed by atoms with Gasteiger partial charge in [0.25, 0.3) is 5.91 Å². The van der Waals surface area contributed by atoms with E-state index in [1.807, 2.05) is 48.0 Å². The molecule has 1 N–H and O–H groups in total. The lowest BCUT2D eigenvalue weighted by Crippen LogP contribution is -2.49. The van der Waals surface area contributed by atoms with Crippen LogP contribution in [0.2, 0.25) is 0 Å². The van der Waals surface area contributed by atoms with Gasteiger partial charge in [0.05, 0.1) is 4.88 Å². The molecule has 1 aliphatic heterocycles. The van der Waals surface area contributed by atoms with E-state index in [1.54, 1.807) is 16.7 Å². The van der Waals surface area contributed by atoms with Gasteiger partial charge in [-0.15, -0.1) is 23.1 Å². The third-order valence-electron chi connectivity index (χ3n) is 4.14. The molecule has 2 heterocycles. The van der Waals surface area contributed by atoms with Crippen molar-refractivity contribution in [3.63, 3.8) is 0 Å². The lowest BCUT2D eigenvalue weighted by molar-refractivity contribution is -0.121. The standard InChI is InChI=1S/C18H20N2O2S2/c1-23-14-7-4-6-13(12-14)19-17(21)15-8-2-3-10-20(15)18(22)16-9-5-11-24-16/h4-7,9,11-12,15H,2-3,8,10H2,1H3,(H,19,21). The molecule has 2 amide bonds. The molecule has 6 heteroatoms. The molecule has 0 spiro atoms. The summed E-state index contributed by atoms with van der Waals surface area (Å²) in [6.07, 6.45) is 4.63. The first-order valence-electron chi connectivity index (χ1n) is 7.98. The van der Waals surface area contributed by atoms with Gasteiger partial charge < -0.3 is 10.2 Å². The van der Waals surface area contributed by atoms with Gasteiger partial charge in [-0.05, 0) is 55.2 Å². The highest BCUT2D eigenvalue weighted by molar-refractivity contribution is 7.98. The van der Waals surface area contributed by atoms with Gasteiger partial charge >= 0.3 is 0 Å². The van der Waals surface area contributed by atoms with Crippen LogP contribution in [0.15, 0.2) is 46.7 Å². The maximum absolute atomic E-state index is 12.7. The van der Waals surface area contributed by atoms with Crippen molar-refractivity contribution in [3.05, 3.63) is 46.7 Å². The molecule has 1 aromatic heterocycles. The van der Waals surface area contributed by atoms with Crippen molar-refractivity contribution >= 4 is 40.6 Å². The molecule has 1 aliphatic rings. The number of nitrogens with one attached hydrogen (secondary N) is 1. The van der Waals surface area contributed by atoms with Crippen LogP contribution in [-0.2, 0) is 4.79 Å². The van der Waals surface area contributed by atoms with Crippen molar-refractivity contribution in [2.24, 2.45) is 0 Å². The Morgan fingerprint density at radius 3 is 2.88 bits per heavy atom. The van der Waals surface area contributed by atoms with Crippen LogP contribution >= 0.6 is 23.1 Å². The van der Waals surface area contributed by atoms with Gasteiger partial charge in [0.1, 0.15) is 6.04 Å². The Balaban J connectivity index is 1.74. The predicted octanol–water partition coefficient (Wildman–Crippen LogP) is 4.10. The average molecular weight is 361 g/mol. The molecule has 1 unspecified atom stereocenters. The molecule has 1 atom stereocenters. The van der Waals surface area contributed by atoms with E-state index in [2.05, 4.69) is 5.32 Å². The molecule has 0 aliphatic carbocycles. The molecule has 0 bridgehead atoms. The fourth-order valence-electron chi connectivity index (χ4n) is 2.92. The lowest BCUT2D eigenvalue weighted by atomic mass is 10.0. The van der Waals surface area contributed by atoms with Crippen molar-refractivity contribution in [1.29, 1.82) is 0 Å². The number of likely N-dealkylation sites (tertiary alicyclic amines) is 1. The summed E-state index contributed by atoms with van der Waals surface area (Å²) < 4.78 is 0. The number of carbonyl (C=O) groups is 2. The number of amides is 2. The summed E-state index contributed by atoms with van der Waals surface area (Å²) >= 11 is 3.06. The molecule has 0 radical (unpaired) electrons. The summed E-state index contributed by atoms with van der Waals surface area (Å²) in [6.45, 7) is 0.639.